The molecule has 0 radical (unpaired) electrons. The molecule has 2 heterocycles. The number of H-pyrrole nitrogens is 1. The second-order valence-electron chi connectivity index (χ2n) is 6.42. The lowest BCUT2D eigenvalue weighted by atomic mass is 10.1. The molecule has 4 aromatic rings. The van der Waals surface area contributed by atoms with E-state index in [9.17, 15) is 9.59 Å². The molecule has 0 unspecified atom stereocenters. The van der Waals surface area contributed by atoms with Crippen LogP contribution in [0.4, 0.5) is 0 Å². The van der Waals surface area contributed by atoms with E-state index in [1.54, 1.807) is 16.3 Å². The minimum atomic E-state index is -0.387. The predicted molar refractivity (Wildman–Crippen MR) is 113 cm³/mol. The van der Waals surface area contributed by atoms with Gasteiger partial charge < -0.3 is 4.98 Å². The number of thioether (sulfide) groups is 1. The number of benzene rings is 2. The van der Waals surface area contributed by atoms with Gasteiger partial charge in [0.05, 0.1) is 12.0 Å². The fourth-order valence-electron chi connectivity index (χ4n) is 3.39. The van der Waals surface area contributed by atoms with E-state index in [1.807, 2.05) is 49.6 Å². The van der Waals surface area contributed by atoms with E-state index in [2.05, 4.69) is 22.1 Å². The van der Waals surface area contributed by atoms with Crippen LogP contribution in [-0.2, 0) is 6.54 Å². The Morgan fingerprint density at radius 2 is 1.82 bits per heavy atom. The zero-order chi connectivity index (χ0) is 19.7. The normalized spacial score (nSPS) is 11.2. The monoisotopic (exact) mass is 392 g/mol. The molecule has 0 saturated carbocycles. The molecule has 0 spiro atoms. The molecule has 0 aliphatic heterocycles. The maximum atomic E-state index is 13.0. The van der Waals surface area contributed by atoms with Crippen LogP contribution in [0, 0.1) is 0 Å². The van der Waals surface area contributed by atoms with Crippen LogP contribution in [0.2, 0.25) is 0 Å². The van der Waals surface area contributed by atoms with Crippen molar-refractivity contribution in [1.82, 2.24) is 19.1 Å². The van der Waals surface area contributed by atoms with Gasteiger partial charge in [-0.05, 0) is 42.0 Å². The lowest BCUT2D eigenvalue weighted by molar-refractivity contribution is 0.632. The topological polar surface area (TPSA) is 72.7 Å². The van der Waals surface area contributed by atoms with E-state index in [-0.39, 0.29) is 11.2 Å². The van der Waals surface area contributed by atoms with E-state index >= 15 is 0 Å². The molecule has 0 amide bonds. The molecule has 142 valence electrons. The number of nitrogens with one attached hydrogen (secondary N) is 1. The number of hydrogen-bond donors (Lipinski definition) is 1. The Hall–Kier alpha value is -3.06. The Kier molecular flexibility index (Phi) is 4.92. The first-order valence-electron chi connectivity index (χ1n) is 9.08. The van der Waals surface area contributed by atoms with Gasteiger partial charge in [-0.25, -0.2) is 14.3 Å². The number of aromatic nitrogens is 4. The van der Waals surface area contributed by atoms with Gasteiger partial charge in [-0.2, -0.15) is 0 Å². The van der Waals surface area contributed by atoms with Gasteiger partial charge >= 0.3 is 5.69 Å². The molecule has 2 aromatic heterocycles. The van der Waals surface area contributed by atoms with Crippen molar-refractivity contribution >= 4 is 22.9 Å². The van der Waals surface area contributed by atoms with E-state index in [1.165, 1.54) is 15.8 Å². The molecule has 0 atom stereocenters. The van der Waals surface area contributed by atoms with Gasteiger partial charge in [-0.15, -0.1) is 11.8 Å². The average Bonchev–Trinajstić information content (AvgIpc) is 3.22. The maximum absolute atomic E-state index is 13.0. The van der Waals surface area contributed by atoms with Gasteiger partial charge in [0.2, 0.25) is 0 Å². The highest BCUT2D eigenvalue weighted by Gasteiger charge is 2.16. The van der Waals surface area contributed by atoms with Crippen LogP contribution in [0.15, 0.2) is 69.3 Å². The van der Waals surface area contributed by atoms with Gasteiger partial charge in [0.1, 0.15) is 5.52 Å². The number of hydrogen-bond acceptors (Lipinski definition) is 4. The van der Waals surface area contributed by atoms with Gasteiger partial charge in [-0.1, -0.05) is 37.3 Å². The third-order valence-electron chi connectivity index (χ3n) is 4.70. The second-order valence-corrected chi connectivity index (χ2v) is 7.27. The van der Waals surface area contributed by atoms with Crippen LogP contribution >= 0.6 is 11.8 Å². The van der Waals surface area contributed by atoms with E-state index in [4.69, 9.17) is 0 Å². The largest absolute Gasteiger partial charge is 0.339 e. The molecule has 4 rings (SSSR count). The van der Waals surface area contributed by atoms with Crippen LogP contribution in [-0.4, -0.2) is 25.4 Å². The van der Waals surface area contributed by atoms with E-state index in [0.29, 0.717) is 23.4 Å². The van der Waals surface area contributed by atoms with Gasteiger partial charge in [-0.3, -0.25) is 9.36 Å². The summed E-state index contributed by atoms with van der Waals surface area (Å²) in [5, 5.41) is 0. The summed E-state index contributed by atoms with van der Waals surface area (Å²) in [4.78, 5) is 34.1. The molecule has 0 fully saturated rings. The first kappa shape index (κ1) is 18.3. The zero-order valence-corrected chi connectivity index (χ0v) is 16.5. The number of nitrogens with zero attached hydrogens (tertiary/aromatic N) is 3. The average molecular weight is 392 g/mol. The maximum Gasteiger partial charge on any atom is 0.337 e. The molecule has 0 aliphatic rings. The SMILES string of the molecule is CCCn1c(=O)n(-c2ccc(-c3ccccc3SC)cc2)c(=O)c2[nH]cnc21. The Labute approximate surface area is 165 Å². The van der Waals surface area contributed by atoms with Crippen molar-refractivity contribution in [3.05, 3.63) is 75.7 Å². The summed E-state index contributed by atoms with van der Waals surface area (Å²) in [5.41, 5.74) is 2.69. The lowest BCUT2D eigenvalue weighted by Crippen LogP contribution is -2.39. The zero-order valence-electron chi connectivity index (χ0n) is 15.7. The van der Waals surface area contributed by atoms with Crippen molar-refractivity contribution in [1.29, 1.82) is 0 Å². The molecular weight excluding hydrogens is 372 g/mol. The van der Waals surface area contributed by atoms with Crippen LogP contribution < -0.4 is 11.2 Å². The van der Waals surface area contributed by atoms with Crippen molar-refractivity contribution in [3.8, 4) is 16.8 Å². The number of fused-ring (bicyclic) bond motifs is 1. The Morgan fingerprint density at radius 3 is 2.54 bits per heavy atom. The highest BCUT2D eigenvalue weighted by atomic mass is 32.2. The number of aromatic amines is 1. The van der Waals surface area contributed by atoms with E-state index in [0.717, 1.165) is 17.5 Å². The molecule has 7 heteroatoms. The first-order chi connectivity index (χ1) is 13.7. The predicted octanol–water partition coefficient (Wildman–Crippen LogP) is 3.67. The molecule has 0 bridgehead atoms. The van der Waals surface area contributed by atoms with Crippen molar-refractivity contribution in [2.45, 2.75) is 24.8 Å². The standard InChI is InChI=1S/C21H20N4O2S/c1-3-12-24-19-18(22-13-23-19)20(26)25(21(24)27)15-10-8-14(9-11-15)16-6-4-5-7-17(16)28-2/h4-11,13H,3,12H2,1-2H3,(H,22,23). The first-order valence-corrected chi connectivity index (χ1v) is 10.3. The lowest BCUT2D eigenvalue weighted by Gasteiger charge is -2.12. The molecule has 2 aromatic carbocycles. The fraction of sp³-hybridized carbons (Fsp3) is 0.190. The van der Waals surface area contributed by atoms with Crippen LogP contribution in [0.25, 0.3) is 28.0 Å². The highest BCUT2D eigenvalue weighted by molar-refractivity contribution is 7.98. The van der Waals surface area contributed by atoms with E-state index < -0.39 is 0 Å². The van der Waals surface area contributed by atoms with Crippen molar-refractivity contribution in [3.63, 3.8) is 0 Å². The summed E-state index contributed by atoms with van der Waals surface area (Å²) < 4.78 is 2.75. The summed E-state index contributed by atoms with van der Waals surface area (Å²) >= 11 is 1.69. The highest BCUT2D eigenvalue weighted by Crippen LogP contribution is 2.30. The van der Waals surface area contributed by atoms with Gasteiger partial charge in [0, 0.05) is 11.4 Å². The Morgan fingerprint density at radius 1 is 1.07 bits per heavy atom. The summed E-state index contributed by atoms with van der Waals surface area (Å²) in [6.45, 7) is 2.48. The van der Waals surface area contributed by atoms with Crippen molar-refractivity contribution in [2.75, 3.05) is 6.26 Å². The van der Waals surface area contributed by atoms with Gasteiger partial charge in [0.25, 0.3) is 5.56 Å². The Balaban J connectivity index is 1.87. The van der Waals surface area contributed by atoms with Crippen molar-refractivity contribution in [2.24, 2.45) is 0 Å². The summed E-state index contributed by atoms with van der Waals surface area (Å²) in [6, 6.07) is 15.7. The quantitative estimate of drug-likeness (QED) is 0.526. The van der Waals surface area contributed by atoms with Crippen LogP contribution in [0.3, 0.4) is 0 Å². The van der Waals surface area contributed by atoms with Crippen molar-refractivity contribution < 1.29 is 0 Å². The second kappa shape index (κ2) is 7.52. The minimum absolute atomic E-state index is 0.338. The molecule has 0 saturated heterocycles. The number of aryl methyl sites for hydroxylation is 1. The summed E-state index contributed by atoms with van der Waals surface area (Å²) in [7, 11) is 0. The number of imidazole rings is 1. The molecule has 28 heavy (non-hydrogen) atoms. The smallest absolute Gasteiger partial charge is 0.337 e. The molecule has 0 aliphatic carbocycles. The Bertz CT molecular complexity index is 1250. The number of rotatable bonds is 5. The molecule has 1 N–H and O–H groups in total. The summed E-state index contributed by atoms with van der Waals surface area (Å²) in [5.74, 6) is 0. The van der Waals surface area contributed by atoms with Gasteiger partial charge in [0.15, 0.2) is 5.65 Å². The van der Waals surface area contributed by atoms with Crippen LogP contribution in [0.1, 0.15) is 13.3 Å². The fourth-order valence-corrected chi connectivity index (χ4v) is 4.01. The third-order valence-corrected chi connectivity index (χ3v) is 5.50. The molecular formula is C21H20N4O2S. The minimum Gasteiger partial charge on any atom is -0.339 e. The summed E-state index contributed by atoms with van der Waals surface area (Å²) in [6.07, 6.45) is 4.26. The molecule has 6 nitrogen and oxygen atoms in total. The van der Waals surface area contributed by atoms with Crippen LogP contribution in [0.5, 0.6) is 0 Å². The third kappa shape index (κ3) is 2.97.